The zero-order valence-corrected chi connectivity index (χ0v) is 11.4. The van der Waals surface area contributed by atoms with E-state index < -0.39 is 10.9 Å². The summed E-state index contributed by atoms with van der Waals surface area (Å²) in [5, 5.41) is 19.5. The molecule has 21 heavy (non-hydrogen) atoms. The lowest BCUT2D eigenvalue weighted by Gasteiger charge is -2.30. The molecule has 0 radical (unpaired) electrons. The molecule has 1 amide bonds. The number of nitro groups is 1. The summed E-state index contributed by atoms with van der Waals surface area (Å²) in [4.78, 5) is 34.7. The van der Waals surface area contributed by atoms with Crippen LogP contribution in [0.1, 0.15) is 18.4 Å². The minimum atomic E-state index is -0.808. The highest BCUT2D eigenvalue weighted by Crippen LogP contribution is 2.19. The molecule has 1 fully saturated rings. The Morgan fingerprint density at radius 3 is 2.29 bits per heavy atom. The van der Waals surface area contributed by atoms with E-state index in [1.165, 1.54) is 12.1 Å². The second-order valence-corrected chi connectivity index (χ2v) is 5.09. The Morgan fingerprint density at radius 1 is 1.24 bits per heavy atom. The number of likely N-dealkylation sites (tertiary alicyclic amines) is 1. The van der Waals surface area contributed by atoms with E-state index in [-0.39, 0.29) is 23.9 Å². The maximum absolute atomic E-state index is 12.1. The molecule has 0 spiro atoms. The smallest absolute Gasteiger partial charge is 0.306 e. The highest BCUT2D eigenvalue weighted by Gasteiger charge is 2.26. The highest BCUT2D eigenvalue weighted by molar-refractivity contribution is 5.79. The van der Waals surface area contributed by atoms with Crippen molar-refractivity contribution < 1.29 is 19.6 Å². The van der Waals surface area contributed by atoms with Crippen LogP contribution in [0.15, 0.2) is 24.3 Å². The first-order valence-electron chi connectivity index (χ1n) is 6.71. The number of non-ortho nitro benzene ring substituents is 1. The Balaban J connectivity index is 1.90. The van der Waals surface area contributed by atoms with Crippen molar-refractivity contribution in [1.82, 2.24) is 4.90 Å². The van der Waals surface area contributed by atoms with Crippen molar-refractivity contribution >= 4 is 17.6 Å². The predicted octanol–water partition coefficient (Wildman–Crippen LogP) is 1.46. The number of piperidine rings is 1. The normalized spacial score (nSPS) is 15.7. The maximum atomic E-state index is 12.1. The van der Waals surface area contributed by atoms with Crippen molar-refractivity contribution in [2.75, 3.05) is 13.1 Å². The third-order valence-corrected chi connectivity index (χ3v) is 3.70. The molecule has 0 aromatic heterocycles. The fraction of sp³-hybridized carbons (Fsp3) is 0.429. The topological polar surface area (TPSA) is 101 Å². The van der Waals surface area contributed by atoms with Gasteiger partial charge in [0.15, 0.2) is 0 Å². The van der Waals surface area contributed by atoms with Gasteiger partial charge in [0, 0.05) is 25.2 Å². The molecule has 0 atom stereocenters. The van der Waals surface area contributed by atoms with Gasteiger partial charge >= 0.3 is 5.97 Å². The van der Waals surface area contributed by atoms with Crippen molar-refractivity contribution in [2.45, 2.75) is 19.3 Å². The fourth-order valence-electron chi connectivity index (χ4n) is 2.40. The fourth-order valence-corrected chi connectivity index (χ4v) is 2.40. The van der Waals surface area contributed by atoms with E-state index in [4.69, 9.17) is 5.11 Å². The van der Waals surface area contributed by atoms with Gasteiger partial charge in [0.05, 0.1) is 17.3 Å². The van der Waals surface area contributed by atoms with E-state index in [0.29, 0.717) is 31.5 Å². The standard InChI is InChI=1S/C14H16N2O5/c17-13(15-7-5-11(6-8-15)14(18)19)9-10-1-3-12(4-2-10)16(20)21/h1-4,11H,5-9H2,(H,18,19). The average Bonchev–Trinajstić information content (AvgIpc) is 2.47. The molecule has 0 saturated carbocycles. The number of carbonyl (C=O) groups is 2. The summed E-state index contributed by atoms with van der Waals surface area (Å²) in [6, 6.07) is 5.89. The Hall–Kier alpha value is -2.44. The molecule has 0 bridgehead atoms. The summed E-state index contributed by atoms with van der Waals surface area (Å²) in [5.41, 5.74) is 0.708. The number of hydrogen-bond acceptors (Lipinski definition) is 4. The van der Waals surface area contributed by atoms with E-state index >= 15 is 0 Å². The van der Waals surface area contributed by atoms with Crippen molar-refractivity contribution in [3.8, 4) is 0 Å². The van der Waals surface area contributed by atoms with E-state index in [2.05, 4.69) is 0 Å². The second-order valence-electron chi connectivity index (χ2n) is 5.09. The largest absolute Gasteiger partial charge is 0.481 e. The van der Waals surface area contributed by atoms with Crippen LogP contribution in [0.4, 0.5) is 5.69 Å². The molecule has 1 heterocycles. The number of benzene rings is 1. The van der Waals surface area contributed by atoms with Crippen LogP contribution < -0.4 is 0 Å². The van der Waals surface area contributed by atoms with Gasteiger partial charge < -0.3 is 10.0 Å². The van der Waals surface area contributed by atoms with Gasteiger partial charge in [-0.2, -0.15) is 0 Å². The van der Waals surface area contributed by atoms with Crippen LogP contribution >= 0.6 is 0 Å². The molecule has 1 aliphatic rings. The van der Waals surface area contributed by atoms with Crippen LogP contribution in [0.5, 0.6) is 0 Å². The molecule has 0 unspecified atom stereocenters. The number of aliphatic carboxylic acids is 1. The van der Waals surface area contributed by atoms with E-state index in [1.807, 2.05) is 0 Å². The molecule has 1 saturated heterocycles. The number of carboxylic acid groups (broad SMARTS) is 1. The number of amides is 1. The van der Waals surface area contributed by atoms with Crippen molar-refractivity contribution in [3.63, 3.8) is 0 Å². The van der Waals surface area contributed by atoms with Gasteiger partial charge in [0.25, 0.3) is 5.69 Å². The molecule has 1 N–H and O–H groups in total. The molecule has 1 aliphatic heterocycles. The third kappa shape index (κ3) is 3.77. The minimum Gasteiger partial charge on any atom is -0.481 e. The molecular weight excluding hydrogens is 276 g/mol. The molecule has 1 aromatic carbocycles. The maximum Gasteiger partial charge on any atom is 0.306 e. The molecule has 112 valence electrons. The molecule has 1 aromatic rings. The van der Waals surface area contributed by atoms with Gasteiger partial charge in [-0.1, -0.05) is 12.1 Å². The summed E-state index contributed by atoms with van der Waals surface area (Å²) in [7, 11) is 0. The van der Waals surface area contributed by atoms with E-state index in [0.717, 1.165) is 0 Å². The summed E-state index contributed by atoms with van der Waals surface area (Å²) in [6.45, 7) is 0.894. The van der Waals surface area contributed by atoms with Crippen LogP contribution in [0.2, 0.25) is 0 Å². The van der Waals surface area contributed by atoms with Gasteiger partial charge in [-0.05, 0) is 18.4 Å². The van der Waals surface area contributed by atoms with Crippen molar-refractivity contribution in [1.29, 1.82) is 0 Å². The Kier molecular flexibility index (Phi) is 4.52. The van der Waals surface area contributed by atoms with Crippen molar-refractivity contribution in [2.24, 2.45) is 5.92 Å². The van der Waals surface area contributed by atoms with Gasteiger partial charge in [-0.25, -0.2) is 0 Å². The van der Waals surface area contributed by atoms with E-state index in [9.17, 15) is 19.7 Å². The van der Waals surface area contributed by atoms with Crippen molar-refractivity contribution in [3.05, 3.63) is 39.9 Å². The number of nitrogens with zero attached hydrogens (tertiary/aromatic N) is 2. The summed E-state index contributed by atoms with van der Waals surface area (Å²) < 4.78 is 0. The van der Waals surface area contributed by atoms with Crippen LogP contribution in [0.25, 0.3) is 0 Å². The quantitative estimate of drug-likeness (QED) is 0.668. The Morgan fingerprint density at radius 2 is 1.81 bits per heavy atom. The average molecular weight is 292 g/mol. The molecule has 2 rings (SSSR count). The molecule has 7 heteroatoms. The summed E-state index contributed by atoms with van der Waals surface area (Å²) in [5.74, 6) is -1.25. The predicted molar refractivity (Wildman–Crippen MR) is 73.7 cm³/mol. The molecule has 7 nitrogen and oxygen atoms in total. The number of carbonyl (C=O) groups excluding carboxylic acids is 1. The lowest BCUT2D eigenvalue weighted by atomic mass is 9.96. The Bertz CT molecular complexity index is 547. The van der Waals surface area contributed by atoms with Gasteiger partial charge in [0.2, 0.25) is 5.91 Å². The zero-order valence-electron chi connectivity index (χ0n) is 11.4. The van der Waals surface area contributed by atoms with E-state index in [1.54, 1.807) is 17.0 Å². The summed E-state index contributed by atoms with van der Waals surface area (Å²) >= 11 is 0. The van der Waals surface area contributed by atoms with Crippen LogP contribution in [-0.4, -0.2) is 39.9 Å². The molecular formula is C14H16N2O5. The lowest BCUT2D eigenvalue weighted by Crippen LogP contribution is -2.40. The van der Waals surface area contributed by atoms with Gasteiger partial charge in [0.1, 0.15) is 0 Å². The number of carboxylic acids is 1. The number of hydrogen-bond donors (Lipinski definition) is 1. The third-order valence-electron chi connectivity index (χ3n) is 3.70. The highest BCUT2D eigenvalue weighted by atomic mass is 16.6. The first-order chi connectivity index (χ1) is 9.97. The molecule has 0 aliphatic carbocycles. The van der Waals surface area contributed by atoms with Gasteiger partial charge in [-0.15, -0.1) is 0 Å². The number of nitro benzene ring substituents is 1. The Labute approximate surface area is 121 Å². The zero-order chi connectivity index (χ0) is 15.4. The number of rotatable bonds is 4. The first kappa shape index (κ1) is 15.0. The van der Waals surface area contributed by atoms with Crippen LogP contribution in [0.3, 0.4) is 0 Å². The summed E-state index contributed by atoms with van der Waals surface area (Å²) in [6.07, 6.45) is 1.12. The van der Waals surface area contributed by atoms with Crippen LogP contribution in [0, 0.1) is 16.0 Å². The van der Waals surface area contributed by atoms with Crippen LogP contribution in [-0.2, 0) is 16.0 Å². The first-order valence-corrected chi connectivity index (χ1v) is 6.71. The lowest BCUT2D eigenvalue weighted by molar-refractivity contribution is -0.384. The monoisotopic (exact) mass is 292 g/mol. The van der Waals surface area contributed by atoms with Gasteiger partial charge in [-0.3, -0.25) is 19.7 Å². The second kappa shape index (κ2) is 6.34. The minimum absolute atomic E-state index is 0.00604. The SMILES string of the molecule is O=C(O)C1CCN(C(=O)Cc2ccc([N+](=O)[O-])cc2)CC1.